The van der Waals surface area contributed by atoms with Crippen LogP contribution in [-0.4, -0.2) is 36.7 Å². The van der Waals surface area contributed by atoms with E-state index in [1.807, 2.05) is 30.3 Å². The lowest BCUT2D eigenvalue weighted by molar-refractivity contribution is 0.102. The van der Waals surface area contributed by atoms with Crippen LogP contribution < -0.4 is 5.32 Å². The Bertz CT molecular complexity index is 1090. The van der Waals surface area contributed by atoms with Crippen molar-refractivity contribution in [3.63, 3.8) is 0 Å². The third-order valence-electron chi connectivity index (χ3n) is 4.67. The number of nitrogens with one attached hydrogen (secondary N) is 1. The molecule has 2 heterocycles. The fraction of sp³-hybridized carbons (Fsp3) is 0.200. The van der Waals surface area contributed by atoms with Gasteiger partial charge >= 0.3 is 0 Å². The Balaban J connectivity index is 1.51. The molecule has 7 heteroatoms. The molecule has 27 heavy (non-hydrogen) atoms. The van der Waals surface area contributed by atoms with Crippen molar-refractivity contribution in [2.45, 2.75) is 17.7 Å². The van der Waals surface area contributed by atoms with E-state index in [1.54, 1.807) is 6.20 Å². The summed E-state index contributed by atoms with van der Waals surface area (Å²) in [6.45, 7) is 1.11. The van der Waals surface area contributed by atoms with Crippen molar-refractivity contribution >= 4 is 32.5 Å². The highest BCUT2D eigenvalue weighted by molar-refractivity contribution is 7.89. The van der Waals surface area contributed by atoms with Crippen LogP contribution in [0, 0.1) is 0 Å². The first-order chi connectivity index (χ1) is 13.0. The fourth-order valence-electron chi connectivity index (χ4n) is 3.20. The van der Waals surface area contributed by atoms with Gasteiger partial charge in [0.2, 0.25) is 10.0 Å². The maximum atomic E-state index is 12.5. The second-order valence-electron chi connectivity index (χ2n) is 6.51. The van der Waals surface area contributed by atoms with Gasteiger partial charge in [-0.15, -0.1) is 0 Å². The lowest BCUT2D eigenvalue weighted by Crippen LogP contribution is -2.27. The van der Waals surface area contributed by atoms with E-state index >= 15 is 0 Å². The number of carbonyl (C=O) groups is 1. The Labute approximate surface area is 157 Å². The van der Waals surface area contributed by atoms with Gasteiger partial charge in [0.05, 0.1) is 22.3 Å². The number of hydrogen-bond acceptors (Lipinski definition) is 4. The van der Waals surface area contributed by atoms with Crippen LogP contribution in [0.25, 0.3) is 10.9 Å². The van der Waals surface area contributed by atoms with Gasteiger partial charge in [-0.2, -0.15) is 4.31 Å². The molecule has 138 valence electrons. The van der Waals surface area contributed by atoms with Gasteiger partial charge < -0.3 is 5.32 Å². The highest BCUT2D eigenvalue weighted by Crippen LogP contribution is 2.22. The third kappa shape index (κ3) is 3.56. The van der Waals surface area contributed by atoms with E-state index in [2.05, 4.69) is 10.3 Å². The first-order valence-corrected chi connectivity index (χ1v) is 10.2. The molecule has 0 atom stereocenters. The van der Waals surface area contributed by atoms with Gasteiger partial charge in [0, 0.05) is 24.0 Å². The quantitative estimate of drug-likeness (QED) is 0.752. The molecule has 1 amide bonds. The molecule has 0 radical (unpaired) electrons. The van der Waals surface area contributed by atoms with Crippen molar-refractivity contribution in [2.75, 3.05) is 18.4 Å². The van der Waals surface area contributed by atoms with Crippen LogP contribution >= 0.6 is 0 Å². The molecule has 4 rings (SSSR count). The van der Waals surface area contributed by atoms with Gasteiger partial charge in [0.25, 0.3) is 5.91 Å². The highest BCUT2D eigenvalue weighted by Gasteiger charge is 2.27. The molecule has 1 aliphatic rings. The molecule has 1 fully saturated rings. The molecule has 0 aliphatic carbocycles. The van der Waals surface area contributed by atoms with Crippen molar-refractivity contribution in [3.05, 3.63) is 66.4 Å². The van der Waals surface area contributed by atoms with Crippen molar-refractivity contribution in [1.82, 2.24) is 9.29 Å². The van der Waals surface area contributed by atoms with Crippen molar-refractivity contribution in [1.29, 1.82) is 0 Å². The van der Waals surface area contributed by atoms with Gasteiger partial charge in [0.15, 0.2) is 0 Å². The maximum absolute atomic E-state index is 12.5. The van der Waals surface area contributed by atoms with E-state index in [-0.39, 0.29) is 10.8 Å². The average Bonchev–Trinajstić information content (AvgIpc) is 3.24. The van der Waals surface area contributed by atoms with Gasteiger partial charge in [-0.3, -0.25) is 9.78 Å². The standard InChI is InChI=1S/C20H19N3O3S/c24-20(22-17-13-16-5-1-2-6-19(16)21-14-17)15-7-9-18(10-8-15)27(25,26)23-11-3-4-12-23/h1-2,5-10,13-14H,3-4,11-12H2,(H,22,24). The van der Waals surface area contributed by atoms with Crippen LogP contribution in [0.4, 0.5) is 5.69 Å². The highest BCUT2D eigenvalue weighted by atomic mass is 32.2. The molecule has 1 saturated heterocycles. The van der Waals surface area contributed by atoms with E-state index in [4.69, 9.17) is 0 Å². The second-order valence-corrected chi connectivity index (χ2v) is 8.44. The summed E-state index contributed by atoms with van der Waals surface area (Å²) < 4.78 is 26.6. The van der Waals surface area contributed by atoms with Crippen LogP contribution in [0.2, 0.25) is 0 Å². The Morgan fingerprint density at radius 2 is 1.70 bits per heavy atom. The summed E-state index contributed by atoms with van der Waals surface area (Å²) in [6.07, 6.45) is 3.38. The summed E-state index contributed by atoms with van der Waals surface area (Å²) in [5.41, 5.74) is 1.84. The molecular formula is C20H19N3O3S. The molecule has 0 bridgehead atoms. The zero-order chi connectivity index (χ0) is 18.9. The third-order valence-corrected chi connectivity index (χ3v) is 6.58. The molecule has 0 spiro atoms. The number of hydrogen-bond donors (Lipinski definition) is 1. The number of nitrogens with zero attached hydrogens (tertiary/aromatic N) is 2. The second kappa shape index (κ2) is 7.09. The van der Waals surface area contributed by atoms with Crippen LogP contribution in [0.5, 0.6) is 0 Å². The predicted octanol–water partition coefficient (Wildman–Crippen LogP) is 3.27. The monoisotopic (exact) mass is 381 g/mol. The van der Waals surface area contributed by atoms with Crippen LogP contribution in [0.15, 0.2) is 65.7 Å². The van der Waals surface area contributed by atoms with E-state index in [0.29, 0.717) is 24.3 Å². The van der Waals surface area contributed by atoms with Gasteiger partial charge in [0.1, 0.15) is 0 Å². The Morgan fingerprint density at radius 3 is 2.44 bits per heavy atom. The summed E-state index contributed by atoms with van der Waals surface area (Å²) >= 11 is 0. The molecule has 3 aromatic rings. The average molecular weight is 381 g/mol. The summed E-state index contributed by atoms with van der Waals surface area (Å²) in [5.74, 6) is -0.308. The number of pyridine rings is 1. The van der Waals surface area contributed by atoms with E-state index in [0.717, 1.165) is 23.7 Å². The molecular weight excluding hydrogens is 362 g/mol. The number of benzene rings is 2. The number of sulfonamides is 1. The number of rotatable bonds is 4. The summed E-state index contributed by atoms with van der Waals surface area (Å²) in [5, 5.41) is 3.74. The van der Waals surface area contributed by atoms with Crippen LogP contribution in [0.1, 0.15) is 23.2 Å². The van der Waals surface area contributed by atoms with Crippen molar-refractivity contribution < 1.29 is 13.2 Å². The molecule has 1 aromatic heterocycles. The molecule has 0 unspecified atom stereocenters. The lowest BCUT2D eigenvalue weighted by atomic mass is 10.2. The predicted molar refractivity (Wildman–Crippen MR) is 104 cm³/mol. The lowest BCUT2D eigenvalue weighted by Gasteiger charge is -2.15. The number of para-hydroxylation sites is 1. The molecule has 6 nitrogen and oxygen atoms in total. The minimum atomic E-state index is -3.47. The Hall–Kier alpha value is -2.77. The van der Waals surface area contributed by atoms with Crippen molar-refractivity contribution in [2.24, 2.45) is 0 Å². The van der Waals surface area contributed by atoms with Gasteiger partial charge in [-0.25, -0.2) is 8.42 Å². The molecule has 0 saturated carbocycles. The number of fused-ring (bicyclic) bond motifs is 1. The first kappa shape index (κ1) is 17.6. The number of aromatic nitrogens is 1. The van der Waals surface area contributed by atoms with E-state index in [9.17, 15) is 13.2 Å². The number of amides is 1. The largest absolute Gasteiger partial charge is 0.321 e. The normalized spacial score (nSPS) is 15.1. The zero-order valence-electron chi connectivity index (χ0n) is 14.6. The van der Waals surface area contributed by atoms with Crippen LogP contribution in [-0.2, 0) is 10.0 Å². The first-order valence-electron chi connectivity index (χ1n) is 8.80. The fourth-order valence-corrected chi connectivity index (χ4v) is 4.72. The maximum Gasteiger partial charge on any atom is 0.255 e. The number of anilines is 1. The SMILES string of the molecule is O=C(Nc1cnc2ccccc2c1)c1ccc(S(=O)(=O)N2CCCC2)cc1. The van der Waals surface area contributed by atoms with E-state index < -0.39 is 10.0 Å². The summed E-state index contributed by atoms with van der Waals surface area (Å²) in [4.78, 5) is 17.0. The topological polar surface area (TPSA) is 79.4 Å². The Morgan fingerprint density at radius 1 is 1.00 bits per heavy atom. The minimum absolute atomic E-state index is 0.216. The summed E-state index contributed by atoms with van der Waals surface area (Å²) in [7, 11) is -3.47. The van der Waals surface area contributed by atoms with Crippen molar-refractivity contribution in [3.8, 4) is 0 Å². The van der Waals surface area contributed by atoms with E-state index in [1.165, 1.54) is 28.6 Å². The molecule has 1 N–H and O–H groups in total. The minimum Gasteiger partial charge on any atom is -0.321 e. The van der Waals surface area contributed by atoms with Gasteiger partial charge in [-0.05, 0) is 49.2 Å². The summed E-state index contributed by atoms with van der Waals surface area (Å²) in [6, 6.07) is 15.5. The number of carbonyl (C=O) groups excluding carboxylic acids is 1. The molecule has 1 aliphatic heterocycles. The zero-order valence-corrected chi connectivity index (χ0v) is 15.4. The van der Waals surface area contributed by atoms with Crippen LogP contribution in [0.3, 0.4) is 0 Å². The Kier molecular flexibility index (Phi) is 4.63. The van der Waals surface area contributed by atoms with Gasteiger partial charge in [-0.1, -0.05) is 18.2 Å². The smallest absolute Gasteiger partial charge is 0.255 e. The molecule has 2 aromatic carbocycles.